The topological polar surface area (TPSA) is 92.9 Å². The molecule has 0 fully saturated rings. The first kappa shape index (κ1) is 9.38. The van der Waals surface area contributed by atoms with Crippen LogP contribution in [0.5, 0.6) is 0 Å². The van der Waals surface area contributed by atoms with Crippen LogP contribution in [0.15, 0.2) is 12.5 Å². The molecule has 7 heteroatoms. The van der Waals surface area contributed by atoms with Crippen molar-refractivity contribution in [1.29, 1.82) is 0 Å². The molecule has 15 heavy (non-hydrogen) atoms. The molecule has 2 rings (SSSR count). The second-order valence-electron chi connectivity index (χ2n) is 2.98. The van der Waals surface area contributed by atoms with Crippen LogP contribution in [0.4, 0.5) is 5.82 Å². The predicted molar refractivity (Wildman–Crippen MR) is 52.4 cm³/mol. The minimum absolute atomic E-state index is 0.180. The van der Waals surface area contributed by atoms with E-state index in [2.05, 4.69) is 20.4 Å². The van der Waals surface area contributed by atoms with E-state index in [1.54, 1.807) is 17.9 Å². The number of nitrogens with one attached hydrogen (secondary N) is 1. The van der Waals surface area contributed by atoms with Gasteiger partial charge in [-0.3, -0.25) is 9.48 Å². The fourth-order valence-corrected chi connectivity index (χ4v) is 1.26. The maximum Gasteiger partial charge on any atom is 0.322 e. The Balaban J connectivity index is 2.38. The van der Waals surface area contributed by atoms with Gasteiger partial charge in [-0.25, -0.2) is 9.97 Å². The Morgan fingerprint density at radius 1 is 1.60 bits per heavy atom. The summed E-state index contributed by atoms with van der Waals surface area (Å²) in [6.45, 7) is -0.180. The van der Waals surface area contributed by atoms with E-state index in [1.165, 1.54) is 6.33 Å². The summed E-state index contributed by atoms with van der Waals surface area (Å²) in [4.78, 5) is 18.4. The van der Waals surface area contributed by atoms with Crippen molar-refractivity contribution in [3.63, 3.8) is 0 Å². The van der Waals surface area contributed by atoms with E-state index in [0.29, 0.717) is 16.9 Å². The van der Waals surface area contributed by atoms with Gasteiger partial charge in [0.2, 0.25) is 0 Å². The number of hydrogen-bond acceptors (Lipinski definition) is 5. The van der Waals surface area contributed by atoms with Gasteiger partial charge in [-0.05, 0) is 0 Å². The van der Waals surface area contributed by atoms with Gasteiger partial charge in [-0.15, -0.1) is 0 Å². The number of nitrogens with zero attached hydrogens (tertiary/aromatic N) is 4. The average Bonchev–Trinajstić information content (AvgIpc) is 2.58. The highest BCUT2D eigenvalue weighted by Crippen LogP contribution is 2.16. The van der Waals surface area contributed by atoms with Gasteiger partial charge in [0, 0.05) is 7.05 Å². The number of anilines is 1. The fourth-order valence-electron chi connectivity index (χ4n) is 1.26. The summed E-state index contributed by atoms with van der Waals surface area (Å²) >= 11 is 0. The molecule has 2 aromatic heterocycles. The predicted octanol–water partition coefficient (Wildman–Crippen LogP) is -0.140. The molecule has 0 aliphatic carbocycles. The Morgan fingerprint density at radius 2 is 2.40 bits per heavy atom. The molecular weight excluding hydrogens is 198 g/mol. The first-order valence-corrected chi connectivity index (χ1v) is 4.27. The van der Waals surface area contributed by atoms with Crippen LogP contribution in [0.3, 0.4) is 0 Å². The molecule has 78 valence electrons. The highest BCUT2D eigenvalue weighted by molar-refractivity contribution is 5.87. The first-order valence-electron chi connectivity index (χ1n) is 4.27. The molecule has 0 unspecified atom stereocenters. The first-order chi connectivity index (χ1) is 7.18. The molecule has 0 amide bonds. The van der Waals surface area contributed by atoms with Crippen LogP contribution >= 0.6 is 0 Å². The van der Waals surface area contributed by atoms with Crippen molar-refractivity contribution in [1.82, 2.24) is 19.7 Å². The lowest BCUT2D eigenvalue weighted by Gasteiger charge is -2.02. The van der Waals surface area contributed by atoms with E-state index in [0.717, 1.165) is 0 Å². The van der Waals surface area contributed by atoms with Gasteiger partial charge in [-0.1, -0.05) is 0 Å². The fraction of sp³-hybridized carbons (Fsp3) is 0.250. The minimum Gasteiger partial charge on any atom is -0.480 e. The monoisotopic (exact) mass is 207 g/mol. The quantitative estimate of drug-likeness (QED) is 0.727. The lowest BCUT2D eigenvalue weighted by molar-refractivity contribution is -0.134. The molecule has 0 aromatic carbocycles. The smallest absolute Gasteiger partial charge is 0.322 e. The van der Waals surface area contributed by atoms with Crippen molar-refractivity contribution in [3.8, 4) is 0 Å². The Morgan fingerprint density at radius 3 is 3.13 bits per heavy atom. The van der Waals surface area contributed by atoms with Gasteiger partial charge in [0.15, 0.2) is 5.65 Å². The van der Waals surface area contributed by atoms with Gasteiger partial charge < -0.3 is 10.4 Å². The number of hydrogen-bond donors (Lipinski definition) is 2. The average molecular weight is 207 g/mol. The summed E-state index contributed by atoms with van der Waals surface area (Å²) in [5.74, 6) is -0.457. The minimum atomic E-state index is -0.939. The second-order valence-corrected chi connectivity index (χ2v) is 2.98. The number of carboxylic acids is 1. The van der Waals surface area contributed by atoms with Crippen molar-refractivity contribution in [3.05, 3.63) is 12.5 Å². The maximum atomic E-state index is 10.4. The molecule has 2 N–H and O–H groups in total. The zero-order valence-corrected chi connectivity index (χ0v) is 8.01. The van der Waals surface area contributed by atoms with Gasteiger partial charge in [0.25, 0.3) is 0 Å². The van der Waals surface area contributed by atoms with Gasteiger partial charge >= 0.3 is 5.97 Å². The van der Waals surface area contributed by atoms with Crippen molar-refractivity contribution >= 4 is 22.8 Å². The van der Waals surface area contributed by atoms with Crippen LogP contribution in [0.2, 0.25) is 0 Å². The summed E-state index contributed by atoms with van der Waals surface area (Å²) in [5.41, 5.74) is 0.665. The molecule has 0 spiro atoms. The van der Waals surface area contributed by atoms with Crippen molar-refractivity contribution in [2.24, 2.45) is 7.05 Å². The van der Waals surface area contributed by atoms with E-state index in [-0.39, 0.29) is 6.54 Å². The normalized spacial score (nSPS) is 10.5. The summed E-state index contributed by atoms with van der Waals surface area (Å²) < 4.78 is 1.60. The van der Waals surface area contributed by atoms with Crippen molar-refractivity contribution in [2.75, 3.05) is 11.9 Å². The number of aliphatic carboxylic acids is 1. The Hall–Kier alpha value is -2.18. The Labute approximate surface area is 84.8 Å². The Bertz CT molecular complexity index is 507. The molecule has 7 nitrogen and oxygen atoms in total. The van der Waals surface area contributed by atoms with E-state index in [1.807, 2.05) is 0 Å². The molecular formula is C8H9N5O2. The number of rotatable bonds is 3. The zero-order valence-electron chi connectivity index (χ0n) is 8.01. The standard InChI is InChI=1S/C8H9N5O2/c1-13-8-5(2-12-13)7(10-4-11-8)9-3-6(14)15/h2,4H,3H2,1H3,(H,14,15)(H,9,10,11). The summed E-state index contributed by atoms with van der Waals surface area (Å²) in [7, 11) is 1.76. The van der Waals surface area contributed by atoms with E-state index >= 15 is 0 Å². The highest BCUT2D eigenvalue weighted by atomic mass is 16.4. The van der Waals surface area contributed by atoms with E-state index in [9.17, 15) is 4.79 Å². The van der Waals surface area contributed by atoms with Crippen LogP contribution in [0.1, 0.15) is 0 Å². The molecule has 0 saturated carbocycles. The summed E-state index contributed by atoms with van der Waals surface area (Å²) in [6.07, 6.45) is 2.97. The molecule has 2 heterocycles. The van der Waals surface area contributed by atoms with Crippen molar-refractivity contribution < 1.29 is 9.90 Å². The van der Waals surface area contributed by atoms with E-state index in [4.69, 9.17) is 5.11 Å². The third-order valence-electron chi connectivity index (χ3n) is 1.94. The van der Waals surface area contributed by atoms with Gasteiger partial charge in [-0.2, -0.15) is 5.10 Å². The largest absolute Gasteiger partial charge is 0.480 e. The molecule has 0 bridgehead atoms. The van der Waals surface area contributed by atoms with Crippen molar-refractivity contribution in [2.45, 2.75) is 0 Å². The van der Waals surface area contributed by atoms with Crippen LogP contribution in [-0.4, -0.2) is 37.4 Å². The van der Waals surface area contributed by atoms with Gasteiger partial charge in [0.1, 0.15) is 18.7 Å². The molecule has 0 aliphatic rings. The number of carbonyl (C=O) groups is 1. The van der Waals surface area contributed by atoms with Crippen LogP contribution in [0, 0.1) is 0 Å². The molecule has 0 aliphatic heterocycles. The highest BCUT2D eigenvalue weighted by Gasteiger charge is 2.07. The van der Waals surface area contributed by atoms with Gasteiger partial charge in [0.05, 0.1) is 11.6 Å². The summed E-state index contributed by atoms with van der Waals surface area (Å²) in [5, 5.41) is 15.9. The molecule has 2 aromatic rings. The zero-order chi connectivity index (χ0) is 10.8. The number of aryl methyl sites for hydroxylation is 1. The van der Waals surface area contributed by atoms with Crippen LogP contribution in [-0.2, 0) is 11.8 Å². The lowest BCUT2D eigenvalue weighted by Crippen LogP contribution is -2.13. The van der Waals surface area contributed by atoms with Crippen LogP contribution < -0.4 is 5.32 Å². The van der Waals surface area contributed by atoms with Crippen LogP contribution in [0.25, 0.3) is 11.0 Å². The third-order valence-corrected chi connectivity index (χ3v) is 1.94. The Kier molecular flexibility index (Phi) is 2.20. The maximum absolute atomic E-state index is 10.4. The number of aromatic nitrogens is 4. The number of carboxylic acid groups (broad SMARTS) is 1. The molecule has 0 radical (unpaired) electrons. The lowest BCUT2D eigenvalue weighted by atomic mass is 10.4. The second kappa shape index (κ2) is 3.52. The summed E-state index contributed by atoms with van der Waals surface area (Å²) in [6, 6.07) is 0. The number of fused-ring (bicyclic) bond motifs is 1. The van der Waals surface area contributed by atoms with E-state index < -0.39 is 5.97 Å². The molecule has 0 atom stereocenters. The third kappa shape index (κ3) is 1.71. The SMILES string of the molecule is Cn1ncc2c(NCC(=O)O)ncnc21. The molecule has 0 saturated heterocycles.